The summed E-state index contributed by atoms with van der Waals surface area (Å²) in [7, 11) is -2.73. The van der Waals surface area contributed by atoms with Gasteiger partial charge in [0.05, 0.1) is 16.3 Å². The van der Waals surface area contributed by atoms with Gasteiger partial charge in [0.2, 0.25) is 0 Å². The van der Waals surface area contributed by atoms with Crippen LogP contribution in [0.4, 0.5) is 11.4 Å². The molecule has 0 radical (unpaired) electrons. The number of benzene rings is 2. The van der Waals surface area contributed by atoms with Crippen molar-refractivity contribution in [3.63, 3.8) is 0 Å². The van der Waals surface area contributed by atoms with Crippen molar-refractivity contribution in [2.45, 2.75) is 24.9 Å². The lowest BCUT2D eigenvalue weighted by Gasteiger charge is -2.27. The number of amides is 1. The maximum atomic E-state index is 13.3. The summed E-state index contributed by atoms with van der Waals surface area (Å²) in [6.45, 7) is 2.85. The number of fused-ring (bicyclic) bond motifs is 1. The van der Waals surface area contributed by atoms with Crippen molar-refractivity contribution in [1.29, 1.82) is 0 Å². The zero-order valence-corrected chi connectivity index (χ0v) is 16.5. The number of hydrogen-bond acceptors (Lipinski definition) is 6. The molecule has 0 aliphatic carbocycles. The molecule has 10 heteroatoms. The number of carbonyl (C=O) groups is 1. The van der Waals surface area contributed by atoms with E-state index >= 15 is 0 Å². The summed E-state index contributed by atoms with van der Waals surface area (Å²) in [5.41, 5.74) is 1.70. The van der Waals surface area contributed by atoms with Crippen molar-refractivity contribution in [1.82, 2.24) is 0 Å². The molecular weight excluding hydrogens is 384 g/mol. The van der Waals surface area contributed by atoms with Crippen molar-refractivity contribution in [3.8, 4) is 0 Å². The molecule has 1 atom stereocenters. The molecule has 1 amide bonds. The van der Waals surface area contributed by atoms with Crippen LogP contribution in [0.2, 0.25) is 0 Å². The topological polar surface area (TPSA) is 105 Å². The van der Waals surface area contributed by atoms with Crippen LogP contribution < -0.4 is 9.21 Å². The Kier molecular flexibility index (Phi) is 5.23. The van der Waals surface area contributed by atoms with Crippen LogP contribution in [0.5, 0.6) is 0 Å². The van der Waals surface area contributed by atoms with E-state index in [1.807, 2.05) is 6.92 Å². The highest BCUT2D eigenvalue weighted by Crippen LogP contribution is 2.42. The minimum absolute atomic E-state index is 0.106. The van der Waals surface area contributed by atoms with Gasteiger partial charge < -0.3 is 10.0 Å². The molecule has 0 saturated carbocycles. The Labute approximate surface area is 163 Å². The highest BCUT2D eigenvalue weighted by molar-refractivity contribution is 7.93. The van der Waals surface area contributed by atoms with Crippen LogP contribution in [0.3, 0.4) is 0 Å². The SMILES string of the molecule is CO/N=[N+](\[O-])CC(=O)N1c2ccccc2N(S(=O)(=O)c2ccc(C)cc2)C1C. The molecule has 148 valence electrons. The van der Waals surface area contributed by atoms with Crippen molar-refractivity contribution in [3.05, 3.63) is 59.3 Å². The zero-order chi connectivity index (χ0) is 20.5. The molecule has 9 nitrogen and oxygen atoms in total. The van der Waals surface area contributed by atoms with Crippen LogP contribution in [0.15, 0.2) is 58.7 Å². The Morgan fingerprint density at radius 1 is 1.18 bits per heavy atom. The maximum Gasteiger partial charge on any atom is 0.298 e. The van der Waals surface area contributed by atoms with Gasteiger partial charge in [-0.1, -0.05) is 29.8 Å². The van der Waals surface area contributed by atoms with Crippen molar-refractivity contribution < 1.29 is 22.9 Å². The van der Waals surface area contributed by atoms with Crippen LogP contribution in [-0.2, 0) is 19.7 Å². The summed E-state index contributed by atoms with van der Waals surface area (Å²) in [4.78, 5) is 18.6. The summed E-state index contributed by atoms with van der Waals surface area (Å²) < 4.78 is 27.8. The average Bonchev–Trinajstić information content (AvgIpc) is 2.94. The minimum Gasteiger partial charge on any atom is -0.597 e. The van der Waals surface area contributed by atoms with Crippen molar-refractivity contribution in [2.24, 2.45) is 5.28 Å². The second-order valence-corrected chi connectivity index (χ2v) is 8.09. The minimum atomic E-state index is -3.92. The Balaban J connectivity index is 2.04. The number of carbonyl (C=O) groups excluding carboxylic acids is 1. The quantitative estimate of drug-likeness (QED) is 0.432. The van der Waals surface area contributed by atoms with Gasteiger partial charge in [0.15, 0.2) is 5.28 Å². The number of para-hydroxylation sites is 2. The monoisotopic (exact) mass is 404 g/mol. The third kappa shape index (κ3) is 3.38. The fourth-order valence-electron chi connectivity index (χ4n) is 3.17. The van der Waals surface area contributed by atoms with E-state index < -0.39 is 28.6 Å². The second-order valence-electron chi connectivity index (χ2n) is 6.27. The largest absolute Gasteiger partial charge is 0.597 e. The molecule has 0 fully saturated rings. The van der Waals surface area contributed by atoms with E-state index in [1.54, 1.807) is 43.3 Å². The summed E-state index contributed by atoms with van der Waals surface area (Å²) in [6.07, 6.45) is -0.854. The maximum absolute atomic E-state index is 13.3. The van der Waals surface area contributed by atoms with E-state index in [0.717, 1.165) is 5.56 Å². The molecule has 0 saturated heterocycles. The second kappa shape index (κ2) is 7.47. The van der Waals surface area contributed by atoms with Gasteiger partial charge in [-0.2, -0.15) is 0 Å². The summed E-state index contributed by atoms with van der Waals surface area (Å²) in [5.74, 6) is -0.600. The number of aryl methyl sites for hydroxylation is 1. The van der Waals surface area contributed by atoms with Crippen LogP contribution in [0, 0.1) is 12.1 Å². The van der Waals surface area contributed by atoms with E-state index in [-0.39, 0.29) is 9.76 Å². The third-order valence-corrected chi connectivity index (χ3v) is 6.27. The Bertz CT molecular complexity index is 1020. The molecular formula is C18H20N4O5S. The standard InChI is InChI=1S/C18H20N4O5S/c1-13-8-10-15(11-9-13)28(25,26)22-14(2)21(16-6-4-5-7-17(16)22)18(23)12-20(24)19-27-3/h4-11,14H,12H2,1-3H3/b20-19-. The van der Waals surface area contributed by atoms with Gasteiger partial charge in [-0.25, -0.2) is 12.7 Å². The first kappa shape index (κ1) is 19.6. The lowest BCUT2D eigenvalue weighted by Crippen LogP contribution is -2.48. The normalized spacial score (nSPS) is 16.8. The number of hydroxylamine groups is 1. The molecule has 2 aromatic rings. The van der Waals surface area contributed by atoms with Gasteiger partial charge >= 0.3 is 0 Å². The number of rotatable bonds is 5. The van der Waals surface area contributed by atoms with Crippen molar-refractivity contribution >= 4 is 27.3 Å². The fourth-order valence-corrected chi connectivity index (χ4v) is 4.79. The van der Waals surface area contributed by atoms with Crippen molar-refractivity contribution in [2.75, 3.05) is 22.9 Å². The Morgan fingerprint density at radius 3 is 2.39 bits per heavy atom. The lowest BCUT2D eigenvalue weighted by molar-refractivity contribution is -0.546. The predicted octanol–water partition coefficient (Wildman–Crippen LogP) is 2.41. The molecule has 0 bridgehead atoms. The fraction of sp³-hybridized carbons (Fsp3) is 0.278. The van der Waals surface area contributed by atoms with E-state index in [0.29, 0.717) is 11.4 Å². The van der Waals surface area contributed by atoms with Gasteiger partial charge in [0.25, 0.3) is 22.5 Å². The molecule has 1 heterocycles. The number of sulfonamides is 1. The van der Waals surface area contributed by atoms with E-state index in [2.05, 4.69) is 10.1 Å². The highest BCUT2D eigenvalue weighted by atomic mass is 32.2. The van der Waals surface area contributed by atoms with Gasteiger partial charge in [-0.15, -0.1) is 0 Å². The highest BCUT2D eigenvalue weighted by Gasteiger charge is 2.44. The molecule has 28 heavy (non-hydrogen) atoms. The molecule has 0 N–H and O–H groups in total. The molecule has 0 aromatic heterocycles. The van der Waals surface area contributed by atoms with E-state index in [4.69, 9.17) is 0 Å². The first-order valence-electron chi connectivity index (χ1n) is 8.48. The summed E-state index contributed by atoms with van der Waals surface area (Å²) in [6, 6.07) is 13.1. The number of anilines is 2. The van der Waals surface area contributed by atoms with Crippen LogP contribution in [0.25, 0.3) is 0 Å². The van der Waals surface area contributed by atoms with Gasteiger partial charge in [-0.05, 0) is 43.0 Å². The molecule has 2 aromatic carbocycles. The van der Waals surface area contributed by atoms with Gasteiger partial charge in [0, 0.05) is 0 Å². The van der Waals surface area contributed by atoms with E-state index in [1.165, 1.54) is 28.4 Å². The first-order chi connectivity index (χ1) is 13.3. The van der Waals surface area contributed by atoms with E-state index in [9.17, 15) is 18.4 Å². The van der Waals surface area contributed by atoms with Gasteiger partial charge in [-0.3, -0.25) is 9.69 Å². The Morgan fingerprint density at radius 2 is 1.79 bits per heavy atom. The smallest absolute Gasteiger partial charge is 0.298 e. The first-order valence-corrected chi connectivity index (χ1v) is 9.92. The molecule has 1 aliphatic rings. The van der Waals surface area contributed by atoms with Crippen LogP contribution >= 0.6 is 0 Å². The predicted molar refractivity (Wildman–Crippen MR) is 102 cm³/mol. The van der Waals surface area contributed by atoms with Crippen LogP contribution in [0.1, 0.15) is 12.5 Å². The lowest BCUT2D eigenvalue weighted by atomic mass is 10.2. The summed E-state index contributed by atoms with van der Waals surface area (Å²) >= 11 is 0. The molecule has 1 unspecified atom stereocenters. The number of hydrogen-bond donors (Lipinski definition) is 0. The molecule has 3 rings (SSSR count). The average molecular weight is 404 g/mol. The number of nitrogens with zero attached hydrogens (tertiary/aromatic N) is 4. The zero-order valence-electron chi connectivity index (χ0n) is 15.6. The third-order valence-electron chi connectivity index (χ3n) is 4.38. The summed E-state index contributed by atoms with van der Waals surface area (Å²) in [5, 5.41) is 14.7. The van der Waals surface area contributed by atoms with Crippen LogP contribution in [-0.4, -0.2) is 39.0 Å². The van der Waals surface area contributed by atoms with Gasteiger partial charge in [0.1, 0.15) is 13.3 Å². The molecule has 1 aliphatic heterocycles. The molecule has 0 spiro atoms. The Hall–Kier alpha value is -3.14.